The normalized spacial score (nSPS) is 14.5. The predicted molar refractivity (Wildman–Crippen MR) is 551 cm³/mol. The van der Waals surface area contributed by atoms with Crippen LogP contribution in [-0.2, 0) is 56.6 Å². The molecule has 10 heterocycles. The Labute approximate surface area is 810 Å². The van der Waals surface area contributed by atoms with Crippen LogP contribution < -0.4 is 58.9 Å². The molecular weight excluding hydrogens is 1740 g/mol. The number of pyridine rings is 3. The van der Waals surface area contributed by atoms with Gasteiger partial charge in [0.15, 0.2) is 23.3 Å². The Balaban J connectivity index is 0.000000154. The van der Waals surface area contributed by atoms with Crippen LogP contribution in [0.5, 0.6) is 0 Å². The van der Waals surface area contributed by atoms with Crippen LogP contribution >= 0.6 is 11.6 Å². The van der Waals surface area contributed by atoms with Gasteiger partial charge in [0.2, 0.25) is 0 Å². The molecule has 16 rings (SSSR count). The zero-order chi connectivity index (χ0) is 98.3. The number of likely N-dealkylation sites (N-methyl/N-ethyl adjacent to an activating group) is 1. The Bertz CT molecular complexity index is 6350. The average Bonchev–Trinajstić information content (AvgIpc) is 1.76. The van der Waals surface area contributed by atoms with Gasteiger partial charge < -0.3 is 68.5 Å². The Kier molecular flexibility index (Phi) is 33.3. The average molecular weight is 1870 g/mol. The highest BCUT2D eigenvalue weighted by Crippen LogP contribution is 2.35. The van der Waals surface area contributed by atoms with Gasteiger partial charge in [-0.1, -0.05) is 109 Å². The van der Waals surface area contributed by atoms with E-state index in [4.69, 9.17) is 49.2 Å². The van der Waals surface area contributed by atoms with Crippen LogP contribution in [0, 0.1) is 96.9 Å². The summed E-state index contributed by atoms with van der Waals surface area (Å²) in [6.07, 6.45) is 9.68. The van der Waals surface area contributed by atoms with Gasteiger partial charge in [-0.2, -0.15) is 20.4 Å². The fraction of sp³-hybridized carbons (Fsp3) is 0.374. The molecule has 3 aliphatic heterocycles. The van der Waals surface area contributed by atoms with E-state index in [-0.39, 0.29) is 12.2 Å². The van der Waals surface area contributed by atoms with E-state index >= 15 is 0 Å². The topological polar surface area (TPSA) is 399 Å². The fourth-order valence-corrected chi connectivity index (χ4v) is 18.6. The number of aryl methyl sites for hydroxylation is 10. The second-order valence-corrected chi connectivity index (χ2v) is 37.9. The highest BCUT2D eigenvalue weighted by Gasteiger charge is 2.29. The number of H-pyrrole nitrogens is 4. The maximum absolute atomic E-state index is 12.4. The molecule has 3 aliphatic rings. The van der Waals surface area contributed by atoms with E-state index in [1.54, 1.807) is 6.20 Å². The maximum atomic E-state index is 12.4. The largest absolute Gasteiger partial charge is 0.372 e. The van der Waals surface area contributed by atoms with Gasteiger partial charge >= 0.3 is 0 Å². The van der Waals surface area contributed by atoms with Crippen molar-refractivity contribution >= 4 is 75.8 Å². The molecule has 16 N–H and O–H groups in total. The summed E-state index contributed by atoms with van der Waals surface area (Å²) in [7, 11) is 2.15. The van der Waals surface area contributed by atoms with Crippen molar-refractivity contribution < 1.29 is 23.9 Å². The number of nitrogens with zero attached hydrogens (tertiary/aromatic N) is 12. The third kappa shape index (κ3) is 25.5. The molecule has 3 fully saturated rings. The molecule has 0 unspecified atom stereocenters. The molecule has 0 radical (unpaired) electrons. The van der Waals surface area contributed by atoms with Crippen molar-refractivity contribution in [1.82, 2.24) is 65.5 Å². The zero-order valence-corrected chi connectivity index (χ0v) is 83.6. The minimum atomic E-state index is -0.522. The first kappa shape index (κ1) is 101. The zero-order valence-electron chi connectivity index (χ0n) is 82.8. The number of hydrogen-bond acceptors (Lipinski definition) is 21. The molecule has 29 nitrogen and oxygen atoms in total. The SMILES string of the molecule is Cc1cc(CNc2n[nH]c(Cc3ccc(-c4cccnc4)cc3)c2C(N)=O)cc(C)c1C.Cc1cc(CNc2n[nH]c(Cc3ccc(N4C[C@@H](C)O[C@@H](C)C4)c(Cl)c3)c2C(N)=O)cc(C)c1C.Cc1cc(Cc2[nH]nc(NCc3cc(C)c(C)c(C)c3)c2C(N)=O)cnc1N1CCN(C(C)C)CC1.Cc1cc(Cc2[nH]nc(NCc3cc(C)c(C)c(C)c3)c2C(N)=O)cnc1N1CCN(C)CC1. The van der Waals surface area contributed by atoms with Gasteiger partial charge in [-0.3, -0.25) is 49.5 Å². The lowest BCUT2D eigenvalue weighted by Gasteiger charge is -2.38. The molecule has 720 valence electrons. The summed E-state index contributed by atoms with van der Waals surface area (Å²) in [6, 6.07) is 40.2. The summed E-state index contributed by atoms with van der Waals surface area (Å²) >= 11 is 6.67. The molecular formula is C107H135ClN24O5. The predicted octanol–water partition coefficient (Wildman–Crippen LogP) is 16.6. The molecule has 7 aromatic heterocycles. The molecule has 0 saturated carbocycles. The summed E-state index contributed by atoms with van der Waals surface area (Å²) in [6.45, 7) is 50.1. The molecule has 4 amide bonds. The number of amides is 4. The molecule has 137 heavy (non-hydrogen) atoms. The fourth-order valence-electron chi connectivity index (χ4n) is 18.3. The number of nitrogens with one attached hydrogen (secondary N) is 8. The molecule has 2 atom stereocenters. The molecule has 0 spiro atoms. The van der Waals surface area contributed by atoms with E-state index in [1.165, 1.54) is 66.8 Å². The van der Waals surface area contributed by atoms with E-state index in [9.17, 15) is 19.2 Å². The third-order valence-corrected chi connectivity index (χ3v) is 27.0. The van der Waals surface area contributed by atoms with Crippen LogP contribution in [0.4, 0.5) is 40.6 Å². The van der Waals surface area contributed by atoms with E-state index in [0.717, 1.165) is 150 Å². The molecule has 6 aromatic carbocycles. The number of anilines is 7. The van der Waals surface area contributed by atoms with Crippen LogP contribution in [0.2, 0.25) is 5.02 Å². The number of halogens is 1. The minimum absolute atomic E-state index is 0.149. The van der Waals surface area contributed by atoms with Gasteiger partial charge in [-0.15, -0.1) is 0 Å². The van der Waals surface area contributed by atoms with Crippen molar-refractivity contribution in [2.75, 3.05) is 108 Å². The first-order chi connectivity index (χ1) is 65.4. The van der Waals surface area contributed by atoms with E-state index in [2.05, 4.69) is 284 Å². The molecule has 30 heteroatoms. The molecule has 0 aliphatic carbocycles. The number of benzene rings is 6. The van der Waals surface area contributed by atoms with Crippen LogP contribution in [-0.4, -0.2) is 180 Å². The Morgan fingerprint density at radius 1 is 0.394 bits per heavy atom. The van der Waals surface area contributed by atoms with Crippen molar-refractivity contribution in [3.63, 3.8) is 0 Å². The Morgan fingerprint density at radius 3 is 1.03 bits per heavy atom. The van der Waals surface area contributed by atoms with Gasteiger partial charge in [0, 0.05) is 148 Å². The lowest BCUT2D eigenvalue weighted by molar-refractivity contribution is -0.00522. The number of primary amides is 4. The van der Waals surface area contributed by atoms with Gasteiger partial charge in [-0.25, -0.2) is 9.97 Å². The second kappa shape index (κ2) is 45.3. The quantitative estimate of drug-likeness (QED) is 0.0207. The van der Waals surface area contributed by atoms with Crippen molar-refractivity contribution in [3.05, 3.63) is 312 Å². The number of morpholine rings is 1. The van der Waals surface area contributed by atoms with Gasteiger partial charge in [-0.05, 0) is 283 Å². The van der Waals surface area contributed by atoms with Crippen LogP contribution in [0.3, 0.4) is 0 Å². The first-order valence-electron chi connectivity index (χ1n) is 47.1. The van der Waals surface area contributed by atoms with Gasteiger partial charge in [0.05, 0.1) is 45.7 Å². The minimum Gasteiger partial charge on any atom is -0.372 e. The number of carbonyl (C=O) groups is 4. The van der Waals surface area contributed by atoms with E-state index < -0.39 is 23.6 Å². The van der Waals surface area contributed by atoms with Crippen molar-refractivity contribution in [2.24, 2.45) is 22.9 Å². The number of ether oxygens (including phenoxy) is 1. The summed E-state index contributed by atoms with van der Waals surface area (Å²) in [5.74, 6) is 1.96. The summed E-state index contributed by atoms with van der Waals surface area (Å²) in [5.41, 5.74) is 56.4. The molecule has 0 bridgehead atoms. The van der Waals surface area contributed by atoms with Crippen LogP contribution in [0.25, 0.3) is 11.1 Å². The standard InChI is InChI=1S/C28H39N7O.C27H34ClN5O2.C26H35N7O.C26H27N5O/c1-17(2)34-7-9-35(10-8-34)28-20(5)13-23(16-31-28)14-24-25(26(29)36)27(33-32-24)30-15-22-11-18(3)21(6)19(4)12-22;1-15-8-21(9-16(2)19(15)5)12-30-27-25(26(29)34)23(31-32-27)11-20-6-7-24(22(28)10-20)33-13-17(3)35-18(4)14-33;1-16-10-20(11-17(2)19(16)4)14-28-25-23(24(27)34)22(30-31-25)13-21-12-18(3)26(29-15-21)33-8-6-32(5)7-9-33;1-16-11-20(12-17(2)18(16)3)14-29-26-24(25(27)32)23(30-31-26)13-19-6-8-21(9-7-19)22-5-4-10-28-15-22/h11-13,16-17H,7-10,14-15H2,1-6H3,(H2,29,36)(H2,30,32,33);6-10,17-18H,11-14H2,1-5H3,(H2,29,34)(H2,30,31,32);10-12,15H,6-9,13-14H2,1-5H3,(H2,27,34)(H2,28,30,31);4-12,15H,13-14H2,1-3H3,(H2,27,32)(H2,29,30,31)/t;17-,18+;;. The van der Waals surface area contributed by atoms with Crippen LogP contribution in [0.15, 0.2) is 140 Å². The van der Waals surface area contributed by atoms with E-state index in [0.29, 0.717) is 131 Å². The van der Waals surface area contributed by atoms with Crippen LogP contribution in [0.1, 0.15) is 214 Å². The maximum Gasteiger partial charge on any atom is 0.254 e. The van der Waals surface area contributed by atoms with Gasteiger partial charge in [0.1, 0.15) is 33.9 Å². The highest BCUT2D eigenvalue weighted by atomic mass is 35.5. The first-order valence-corrected chi connectivity index (χ1v) is 47.5. The van der Waals surface area contributed by atoms with Crippen molar-refractivity contribution in [1.29, 1.82) is 0 Å². The summed E-state index contributed by atoms with van der Waals surface area (Å²) in [5, 5.41) is 43.3. The number of nitrogens with two attached hydrogens (primary N) is 4. The summed E-state index contributed by atoms with van der Waals surface area (Å²) < 4.78 is 5.84. The van der Waals surface area contributed by atoms with Crippen molar-refractivity contribution in [3.8, 4) is 11.1 Å². The number of piperazine rings is 2. The monoisotopic (exact) mass is 1870 g/mol. The van der Waals surface area contributed by atoms with E-state index in [1.807, 2.05) is 73.2 Å². The third-order valence-electron chi connectivity index (χ3n) is 26.7. The Morgan fingerprint density at radius 2 is 0.715 bits per heavy atom. The Hall–Kier alpha value is -13.7. The molecule has 3 saturated heterocycles. The lowest BCUT2D eigenvalue weighted by atomic mass is 10.0. The van der Waals surface area contributed by atoms with Crippen molar-refractivity contribution in [2.45, 2.75) is 195 Å². The number of hydrogen-bond donors (Lipinski definition) is 12. The smallest absolute Gasteiger partial charge is 0.254 e. The number of aromatic amines is 4. The highest BCUT2D eigenvalue weighted by molar-refractivity contribution is 6.33. The number of aromatic nitrogens is 11. The second-order valence-electron chi connectivity index (χ2n) is 37.5. The molecule has 13 aromatic rings. The lowest BCUT2D eigenvalue weighted by Crippen LogP contribution is -2.49. The summed E-state index contributed by atoms with van der Waals surface area (Å²) in [4.78, 5) is 74.7. The number of rotatable bonds is 29. The van der Waals surface area contributed by atoms with Gasteiger partial charge in [0.25, 0.3) is 23.6 Å². The number of carbonyl (C=O) groups excluding carboxylic acids is 4.